The molecule has 1 amide bonds. The minimum absolute atomic E-state index is 0.00563. The molecule has 2 aromatic rings. The van der Waals surface area contributed by atoms with Crippen molar-refractivity contribution in [2.45, 2.75) is 63.6 Å². The number of likely N-dealkylation sites (tertiary alicyclic amines) is 1. The summed E-state index contributed by atoms with van der Waals surface area (Å²) in [7, 11) is 6.44. The smallest absolute Gasteiger partial charge is 0.419 e. The largest absolute Gasteiger partial charge is 0.495 e. The van der Waals surface area contributed by atoms with Crippen LogP contribution in [0.15, 0.2) is 24.4 Å². The number of anilines is 2. The third kappa shape index (κ3) is 8.89. The van der Waals surface area contributed by atoms with Crippen LogP contribution in [-0.2, 0) is 22.2 Å². The van der Waals surface area contributed by atoms with Gasteiger partial charge >= 0.3 is 6.18 Å². The topological polar surface area (TPSA) is 109 Å². The zero-order valence-corrected chi connectivity index (χ0v) is 25.9. The molecule has 2 aliphatic rings. The van der Waals surface area contributed by atoms with Crippen LogP contribution in [-0.4, -0.2) is 85.6 Å². The van der Waals surface area contributed by atoms with E-state index in [0.717, 1.165) is 56.5 Å². The molecule has 0 radical (unpaired) electrons. The van der Waals surface area contributed by atoms with Crippen molar-refractivity contribution in [3.8, 4) is 5.75 Å². The van der Waals surface area contributed by atoms with Gasteiger partial charge < -0.3 is 20.3 Å². The molecule has 2 heterocycles. The van der Waals surface area contributed by atoms with E-state index in [2.05, 4.69) is 32.5 Å². The number of likely N-dealkylation sites (N-methyl/N-ethyl adjacent to an activating group) is 1. The zero-order chi connectivity index (χ0) is 31.9. The molecule has 2 N–H and O–H groups in total. The number of carbonyl (C=O) groups is 2. The fourth-order valence-electron chi connectivity index (χ4n) is 6.00. The minimum atomic E-state index is -4.63. The van der Waals surface area contributed by atoms with Crippen molar-refractivity contribution >= 4 is 23.3 Å². The highest BCUT2D eigenvalue weighted by Gasteiger charge is 2.37. The van der Waals surface area contributed by atoms with Gasteiger partial charge in [-0.1, -0.05) is 12.8 Å². The quantitative estimate of drug-likeness (QED) is 0.254. The van der Waals surface area contributed by atoms with Gasteiger partial charge in [0.2, 0.25) is 5.95 Å². The Kier molecular flexibility index (Phi) is 11.6. The van der Waals surface area contributed by atoms with Gasteiger partial charge in [-0.3, -0.25) is 14.4 Å². The summed E-state index contributed by atoms with van der Waals surface area (Å²) in [5.41, 5.74) is -0.0410. The summed E-state index contributed by atoms with van der Waals surface area (Å²) in [5.74, 6) is 0.305. The summed E-state index contributed by atoms with van der Waals surface area (Å²) in [6.07, 6.45) is 1.91. The number of nitrogens with one attached hydrogen (secondary N) is 2. The number of piperidine rings is 1. The van der Waals surface area contributed by atoms with E-state index < -0.39 is 11.7 Å². The van der Waals surface area contributed by atoms with Crippen molar-refractivity contribution in [3.63, 3.8) is 0 Å². The molecule has 44 heavy (non-hydrogen) atoms. The van der Waals surface area contributed by atoms with Gasteiger partial charge in [0.1, 0.15) is 5.75 Å². The number of rotatable bonds is 12. The standard InChI is InChI=1S/C31H43F3N6O4/c1-39-13-11-20(12-14-39)15-27(41)22-9-10-25(28(17-22)43-3)37-30-36-18-23(31(32,33)34)26(38-30)16-21-7-5-6-8-24(21)35-19-29(42)40(2)44-4/h9-10,17-18,20-21,24,35H,5-8,11-16,19H2,1-4H3,(H,36,37,38)/t21-,24+/m0/s1. The number of hydroxylamine groups is 2. The lowest BCUT2D eigenvalue weighted by atomic mass is 9.81. The fourth-order valence-corrected chi connectivity index (χ4v) is 6.00. The SMILES string of the molecule is COc1cc(C(=O)CC2CCN(C)CC2)ccc1Nc1ncc(C(F)(F)F)c(C[C@@H]2CCCC[C@H]2NCC(=O)N(C)OC)n1. The number of hydrogen-bond acceptors (Lipinski definition) is 9. The second kappa shape index (κ2) is 15.1. The molecule has 242 valence electrons. The fraction of sp³-hybridized carbons (Fsp3) is 0.613. The van der Waals surface area contributed by atoms with E-state index in [0.29, 0.717) is 35.8 Å². The van der Waals surface area contributed by atoms with Gasteiger partial charge in [0, 0.05) is 31.3 Å². The molecule has 2 atom stereocenters. The molecule has 13 heteroatoms. The highest BCUT2D eigenvalue weighted by Crippen LogP contribution is 2.36. The molecular formula is C31H43F3N6O4. The number of ketones is 1. The molecule has 1 aromatic heterocycles. The minimum Gasteiger partial charge on any atom is -0.495 e. The highest BCUT2D eigenvalue weighted by molar-refractivity contribution is 5.97. The molecule has 1 aliphatic carbocycles. The number of alkyl halides is 3. The monoisotopic (exact) mass is 620 g/mol. The average Bonchev–Trinajstić information content (AvgIpc) is 3.00. The number of nitrogens with zero attached hydrogens (tertiary/aromatic N) is 4. The van der Waals surface area contributed by atoms with E-state index in [1.807, 2.05) is 0 Å². The first kappa shape index (κ1) is 33.6. The predicted octanol–water partition coefficient (Wildman–Crippen LogP) is 4.87. The molecule has 4 rings (SSSR count). The Hall–Kier alpha value is -3.29. The second-order valence-electron chi connectivity index (χ2n) is 11.8. The molecular weight excluding hydrogens is 577 g/mol. The van der Waals surface area contributed by atoms with E-state index in [-0.39, 0.29) is 48.3 Å². The van der Waals surface area contributed by atoms with E-state index in [1.165, 1.54) is 21.3 Å². The van der Waals surface area contributed by atoms with Crippen LogP contribution >= 0.6 is 0 Å². The molecule has 1 saturated heterocycles. The van der Waals surface area contributed by atoms with Gasteiger partial charge in [0.25, 0.3) is 5.91 Å². The van der Waals surface area contributed by atoms with Crippen molar-refractivity contribution in [2.24, 2.45) is 11.8 Å². The highest BCUT2D eigenvalue weighted by atomic mass is 19.4. The first-order chi connectivity index (χ1) is 21.0. The lowest BCUT2D eigenvalue weighted by Gasteiger charge is -2.33. The van der Waals surface area contributed by atoms with E-state index in [1.54, 1.807) is 18.2 Å². The molecule has 2 fully saturated rings. The Morgan fingerprint density at radius 2 is 1.84 bits per heavy atom. The summed E-state index contributed by atoms with van der Waals surface area (Å²) < 4.78 is 47.6. The van der Waals surface area contributed by atoms with Gasteiger partial charge in [-0.05, 0) is 82.3 Å². The number of ether oxygens (including phenoxy) is 1. The lowest BCUT2D eigenvalue weighted by Crippen LogP contribution is -2.45. The Balaban J connectivity index is 1.50. The Morgan fingerprint density at radius 3 is 2.52 bits per heavy atom. The molecule has 1 aliphatic heterocycles. The summed E-state index contributed by atoms with van der Waals surface area (Å²) in [6.45, 7) is 1.97. The lowest BCUT2D eigenvalue weighted by molar-refractivity contribution is -0.167. The molecule has 0 unspecified atom stereocenters. The first-order valence-corrected chi connectivity index (χ1v) is 15.1. The number of aromatic nitrogens is 2. The van der Waals surface area contributed by atoms with E-state index >= 15 is 0 Å². The number of benzene rings is 1. The number of carbonyl (C=O) groups excluding carboxylic acids is 2. The average molecular weight is 621 g/mol. The third-order valence-corrected chi connectivity index (χ3v) is 8.76. The Morgan fingerprint density at radius 1 is 1.11 bits per heavy atom. The van der Waals surface area contributed by atoms with E-state index in [4.69, 9.17) is 9.57 Å². The maximum absolute atomic E-state index is 14.0. The normalized spacial score (nSPS) is 19.9. The van der Waals surface area contributed by atoms with Crippen LogP contribution in [0.4, 0.5) is 24.8 Å². The maximum atomic E-state index is 14.0. The number of amides is 1. The number of hydrogen-bond donors (Lipinski definition) is 2. The van der Waals surface area contributed by atoms with Crippen LogP contribution < -0.4 is 15.4 Å². The Labute approximate surface area is 256 Å². The molecule has 0 spiro atoms. The maximum Gasteiger partial charge on any atom is 0.419 e. The molecule has 0 bridgehead atoms. The van der Waals surface area contributed by atoms with Crippen molar-refractivity contribution in [3.05, 3.63) is 41.2 Å². The number of methoxy groups -OCH3 is 1. The number of Topliss-reactive ketones (excluding diaryl/α,β-unsaturated/α-hetero) is 1. The van der Waals surface area contributed by atoms with Gasteiger partial charge in [-0.25, -0.2) is 15.0 Å². The summed E-state index contributed by atoms with van der Waals surface area (Å²) >= 11 is 0. The molecule has 10 nitrogen and oxygen atoms in total. The predicted molar refractivity (Wildman–Crippen MR) is 160 cm³/mol. The molecule has 1 saturated carbocycles. The third-order valence-electron chi connectivity index (χ3n) is 8.76. The summed E-state index contributed by atoms with van der Waals surface area (Å²) in [6, 6.07) is 4.85. The first-order valence-electron chi connectivity index (χ1n) is 15.1. The van der Waals surface area contributed by atoms with Crippen LogP contribution in [0.2, 0.25) is 0 Å². The van der Waals surface area contributed by atoms with Crippen LogP contribution in [0.25, 0.3) is 0 Å². The Bertz CT molecular complexity index is 1290. The van der Waals surface area contributed by atoms with Crippen LogP contribution in [0.1, 0.15) is 66.6 Å². The summed E-state index contributed by atoms with van der Waals surface area (Å²) in [4.78, 5) is 40.7. The van der Waals surface area contributed by atoms with E-state index in [9.17, 15) is 22.8 Å². The van der Waals surface area contributed by atoms with Gasteiger partial charge in [-0.2, -0.15) is 13.2 Å². The van der Waals surface area contributed by atoms with Crippen molar-refractivity contribution < 1.29 is 32.3 Å². The van der Waals surface area contributed by atoms with Crippen LogP contribution in [0.5, 0.6) is 5.75 Å². The van der Waals surface area contributed by atoms with Crippen LogP contribution in [0.3, 0.4) is 0 Å². The van der Waals surface area contributed by atoms with Crippen molar-refractivity contribution in [2.75, 3.05) is 53.3 Å². The van der Waals surface area contributed by atoms with Crippen molar-refractivity contribution in [1.82, 2.24) is 25.2 Å². The van der Waals surface area contributed by atoms with Gasteiger partial charge in [-0.15, -0.1) is 0 Å². The van der Waals surface area contributed by atoms with Crippen molar-refractivity contribution in [1.29, 1.82) is 0 Å². The molecule has 1 aromatic carbocycles. The number of halogens is 3. The zero-order valence-electron chi connectivity index (χ0n) is 25.9. The van der Waals surface area contributed by atoms with Gasteiger partial charge in [0.15, 0.2) is 5.78 Å². The summed E-state index contributed by atoms with van der Waals surface area (Å²) in [5, 5.41) is 7.32. The van der Waals surface area contributed by atoms with Crippen LogP contribution in [0, 0.1) is 11.8 Å². The second-order valence-corrected chi connectivity index (χ2v) is 11.8. The van der Waals surface area contributed by atoms with Gasteiger partial charge in [0.05, 0.1) is 37.7 Å².